The number of nitrogens with one attached hydrogen (secondary N) is 1. The molecule has 0 saturated carbocycles. The lowest BCUT2D eigenvalue weighted by Crippen LogP contribution is -2.27. The van der Waals surface area contributed by atoms with Crippen LogP contribution in [0.2, 0.25) is 0 Å². The topological polar surface area (TPSA) is 32.3 Å². The summed E-state index contributed by atoms with van der Waals surface area (Å²) in [6.07, 6.45) is -0.390. The first-order valence-corrected chi connectivity index (χ1v) is 5.87. The molecule has 0 aromatic carbocycles. The van der Waals surface area contributed by atoms with Crippen molar-refractivity contribution in [2.24, 2.45) is 0 Å². The van der Waals surface area contributed by atoms with E-state index in [1.54, 1.807) is 11.3 Å². The molecule has 1 atom stereocenters. The maximum atomic E-state index is 9.71. The van der Waals surface area contributed by atoms with E-state index < -0.39 is 6.10 Å². The van der Waals surface area contributed by atoms with Crippen LogP contribution in [0.4, 0.5) is 0 Å². The smallest absolute Gasteiger partial charge is 0.101 e. The van der Waals surface area contributed by atoms with Crippen LogP contribution < -0.4 is 5.32 Å². The Labute approximate surface area is 103 Å². The first kappa shape index (κ1) is 14.4. The van der Waals surface area contributed by atoms with Gasteiger partial charge in [0.25, 0.3) is 0 Å². The van der Waals surface area contributed by atoms with E-state index in [4.69, 9.17) is 0 Å². The van der Waals surface area contributed by atoms with Crippen molar-refractivity contribution in [1.82, 2.24) is 5.32 Å². The molecule has 0 spiro atoms. The molecule has 2 nitrogen and oxygen atoms in total. The fourth-order valence-corrected chi connectivity index (χ4v) is 2.36. The van der Waals surface area contributed by atoms with Gasteiger partial charge in [-0.2, -0.15) is 0 Å². The molecule has 0 fully saturated rings. The molecule has 0 radical (unpaired) electrons. The van der Waals surface area contributed by atoms with E-state index in [2.05, 4.69) is 35.1 Å². The van der Waals surface area contributed by atoms with Crippen LogP contribution in [0.25, 0.3) is 0 Å². The van der Waals surface area contributed by atoms with Crippen LogP contribution >= 0.6 is 39.7 Å². The van der Waals surface area contributed by atoms with Gasteiger partial charge in [0.2, 0.25) is 0 Å². The van der Waals surface area contributed by atoms with Gasteiger partial charge in [0.15, 0.2) is 0 Å². The van der Waals surface area contributed by atoms with Crippen LogP contribution in [0, 0.1) is 0 Å². The van der Waals surface area contributed by atoms with Gasteiger partial charge in [0.1, 0.15) is 6.10 Å². The number of thiophene rings is 1. The van der Waals surface area contributed by atoms with Gasteiger partial charge in [-0.15, -0.1) is 23.7 Å². The standard InChI is InChI=1S/C9H14BrNOS.ClH/c1-6(2)11-5-7(12)8-3-4-9(10)13-8;/h3-4,6-7,11-12H,5H2,1-2H3;1H. The van der Waals surface area contributed by atoms with Crippen LogP contribution in [0.1, 0.15) is 24.8 Å². The van der Waals surface area contributed by atoms with E-state index in [9.17, 15) is 5.11 Å². The average Bonchev–Trinajstić information content (AvgIpc) is 2.47. The van der Waals surface area contributed by atoms with Crippen molar-refractivity contribution in [1.29, 1.82) is 0 Å². The van der Waals surface area contributed by atoms with E-state index in [0.717, 1.165) is 8.66 Å². The molecule has 0 aliphatic heterocycles. The highest BCUT2D eigenvalue weighted by Crippen LogP contribution is 2.26. The highest BCUT2D eigenvalue weighted by molar-refractivity contribution is 9.11. The number of hydrogen-bond donors (Lipinski definition) is 2. The number of aliphatic hydroxyl groups excluding tert-OH is 1. The van der Waals surface area contributed by atoms with Gasteiger partial charge in [-0.25, -0.2) is 0 Å². The third kappa shape index (κ3) is 4.75. The molecule has 0 aliphatic rings. The molecule has 0 aliphatic carbocycles. The van der Waals surface area contributed by atoms with Gasteiger partial charge in [0, 0.05) is 17.5 Å². The Balaban J connectivity index is 0.00000169. The maximum absolute atomic E-state index is 9.71. The molecule has 2 N–H and O–H groups in total. The molecule has 0 bridgehead atoms. The van der Waals surface area contributed by atoms with E-state index >= 15 is 0 Å². The summed E-state index contributed by atoms with van der Waals surface area (Å²) in [5, 5.41) is 12.9. The molecule has 1 aromatic heterocycles. The second kappa shape index (κ2) is 6.80. The molecule has 1 rings (SSSR count). The summed E-state index contributed by atoms with van der Waals surface area (Å²) in [6, 6.07) is 4.32. The van der Waals surface area contributed by atoms with E-state index in [0.29, 0.717) is 12.6 Å². The number of aliphatic hydroxyl groups is 1. The zero-order valence-corrected chi connectivity index (χ0v) is 11.4. The van der Waals surface area contributed by atoms with Crippen molar-refractivity contribution in [3.8, 4) is 0 Å². The van der Waals surface area contributed by atoms with Crippen LogP contribution in [0.5, 0.6) is 0 Å². The SMILES string of the molecule is CC(C)NCC(O)c1ccc(Br)s1.Cl. The van der Waals surface area contributed by atoms with Gasteiger partial charge in [-0.3, -0.25) is 0 Å². The summed E-state index contributed by atoms with van der Waals surface area (Å²) in [7, 11) is 0. The lowest BCUT2D eigenvalue weighted by Gasteiger charge is -2.12. The monoisotopic (exact) mass is 299 g/mol. The summed E-state index contributed by atoms with van der Waals surface area (Å²) >= 11 is 4.94. The summed E-state index contributed by atoms with van der Waals surface area (Å²) in [5.74, 6) is 0. The van der Waals surface area contributed by atoms with Crippen LogP contribution in [0.15, 0.2) is 15.9 Å². The van der Waals surface area contributed by atoms with Crippen LogP contribution in [-0.2, 0) is 0 Å². The second-order valence-electron chi connectivity index (χ2n) is 3.22. The molecule has 1 unspecified atom stereocenters. The minimum absolute atomic E-state index is 0. The van der Waals surface area contributed by atoms with Gasteiger partial charge in [-0.1, -0.05) is 13.8 Å². The van der Waals surface area contributed by atoms with Crippen molar-refractivity contribution < 1.29 is 5.11 Å². The third-order valence-corrected chi connectivity index (χ3v) is 3.37. The van der Waals surface area contributed by atoms with Crippen LogP contribution in [0.3, 0.4) is 0 Å². The normalized spacial score (nSPS) is 12.6. The van der Waals surface area contributed by atoms with Gasteiger partial charge >= 0.3 is 0 Å². The highest BCUT2D eigenvalue weighted by Gasteiger charge is 2.09. The summed E-state index contributed by atoms with van der Waals surface area (Å²) in [6.45, 7) is 4.75. The van der Waals surface area contributed by atoms with Gasteiger partial charge < -0.3 is 10.4 Å². The largest absolute Gasteiger partial charge is 0.386 e. The predicted octanol–water partition coefficient (Wildman–Crippen LogP) is 2.96. The Morgan fingerprint density at radius 3 is 2.57 bits per heavy atom. The van der Waals surface area contributed by atoms with Crippen molar-refractivity contribution in [2.75, 3.05) is 6.54 Å². The highest BCUT2D eigenvalue weighted by atomic mass is 79.9. The first-order chi connectivity index (χ1) is 6.09. The molecule has 5 heteroatoms. The minimum Gasteiger partial charge on any atom is -0.386 e. The Bertz CT molecular complexity index is 267. The Hall–Kier alpha value is 0.390. The average molecular weight is 301 g/mol. The zero-order chi connectivity index (χ0) is 9.84. The Kier molecular flexibility index (Phi) is 6.99. The maximum Gasteiger partial charge on any atom is 0.101 e. The lowest BCUT2D eigenvalue weighted by atomic mass is 10.2. The van der Waals surface area contributed by atoms with E-state index in [-0.39, 0.29) is 12.4 Å². The van der Waals surface area contributed by atoms with Crippen molar-refractivity contribution in [2.45, 2.75) is 26.0 Å². The van der Waals surface area contributed by atoms with Crippen molar-refractivity contribution in [3.05, 3.63) is 20.8 Å². The molecular weight excluding hydrogens is 286 g/mol. The zero-order valence-electron chi connectivity index (χ0n) is 8.16. The van der Waals surface area contributed by atoms with Gasteiger partial charge in [-0.05, 0) is 28.1 Å². The molecular formula is C9H15BrClNOS. The lowest BCUT2D eigenvalue weighted by molar-refractivity contribution is 0.175. The fourth-order valence-electron chi connectivity index (χ4n) is 0.955. The molecule has 1 heterocycles. The number of hydrogen-bond acceptors (Lipinski definition) is 3. The van der Waals surface area contributed by atoms with E-state index in [1.807, 2.05) is 12.1 Å². The predicted molar refractivity (Wildman–Crippen MR) is 67.4 cm³/mol. The summed E-state index contributed by atoms with van der Waals surface area (Å²) in [5.41, 5.74) is 0. The first-order valence-electron chi connectivity index (χ1n) is 4.26. The quantitative estimate of drug-likeness (QED) is 0.896. The number of halogens is 2. The van der Waals surface area contributed by atoms with E-state index in [1.165, 1.54) is 0 Å². The van der Waals surface area contributed by atoms with Gasteiger partial charge in [0.05, 0.1) is 3.79 Å². The molecule has 14 heavy (non-hydrogen) atoms. The van der Waals surface area contributed by atoms with Crippen molar-refractivity contribution in [3.63, 3.8) is 0 Å². The molecule has 0 saturated heterocycles. The molecule has 0 amide bonds. The third-order valence-electron chi connectivity index (χ3n) is 1.64. The Morgan fingerprint density at radius 2 is 2.14 bits per heavy atom. The minimum atomic E-state index is -0.390. The molecule has 82 valence electrons. The fraction of sp³-hybridized carbons (Fsp3) is 0.556. The summed E-state index contributed by atoms with van der Waals surface area (Å²) in [4.78, 5) is 1.00. The molecule has 1 aromatic rings. The van der Waals surface area contributed by atoms with Crippen molar-refractivity contribution >= 4 is 39.7 Å². The van der Waals surface area contributed by atoms with Crippen LogP contribution in [-0.4, -0.2) is 17.7 Å². The Morgan fingerprint density at radius 1 is 1.50 bits per heavy atom. The number of rotatable bonds is 4. The summed E-state index contributed by atoms with van der Waals surface area (Å²) < 4.78 is 1.06. The second-order valence-corrected chi connectivity index (χ2v) is 5.72.